The smallest absolute Gasteiger partial charge is 0.317 e. The molecule has 2 unspecified atom stereocenters. The Labute approximate surface area is 146 Å². The van der Waals surface area contributed by atoms with Crippen molar-refractivity contribution in [2.24, 2.45) is 5.41 Å². The molecule has 25 heavy (non-hydrogen) atoms. The van der Waals surface area contributed by atoms with Crippen molar-refractivity contribution >= 4 is 6.03 Å². The molecule has 0 bridgehead atoms. The first-order valence-corrected chi connectivity index (χ1v) is 8.43. The highest BCUT2D eigenvalue weighted by Crippen LogP contribution is 2.38. The molecule has 3 N–H and O–H groups in total. The average molecular weight is 352 g/mol. The van der Waals surface area contributed by atoms with E-state index in [2.05, 4.69) is 15.3 Å². The number of ether oxygens (including phenoxy) is 2. The second-order valence-corrected chi connectivity index (χ2v) is 6.63. The van der Waals surface area contributed by atoms with Crippen molar-refractivity contribution in [1.29, 1.82) is 0 Å². The summed E-state index contributed by atoms with van der Waals surface area (Å²) in [6.07, 6.45) is 3.61. The standard InChI is InChI=1S/C16H24N4O5/c21-12-7-16(8-13(12)22,11-25-14-9-17-1-2-18-14)10-19-15(23)20-3-5-24-6-4-20/h1-2,9,12-13,21-22H,3-8,10-11H2,(H,19,23). The quantitative estimate of drug-likeness (QED) is 0.648. The molecule has 2 heterocycles. The van der Waals surface area contributed by atoms with E-state index in [-0.39, 0.29) is 12.6 Å². The van der Waals surface area contributed by atoms with Gasteiger partial charge in [0.15, 0.2) is 0 Å². The maximum absolute atomic E-state index is 12.3. The van der Waals surface area contributed by atoms with Crippen LogP contribution in [-0.4, -0.2) is 82.8 Å². The number of aliphatic hydroxyl groups excluding tert-OH is 2. The molecule has 1 aromatic rings. The van der Waals surface area contributed by atoms with Gasteiger partial charge in [-0.1, -0.05) is 0 Å². The summed E-state index contributed by atoms with van der Waals surface area (Å²) in [5.41, 5.74) is -0.557. The summed E-state index contributed by atoms with van der Waals surface area (Å²) in [6.45, 7) is 2.71. The number of nitrogens with one attached hydrogen (secondary N) is 1. The lowest BCUT2D eigenvalue weighted by Gasteiger charge is -2.32. The van der Waals surface area contributed by atoms with E-state index in [0.717, 1.165) is 0 Å². The normalized spacial score (nSPS) is 29.4. The van der Waals surface area contributed by atoms with E-state index in [4.69, 9.17) is 9.47 Å². The van der Waals surface area contributed by atoms with Gasteiger partial charge in [0.1, 0.15) is 0 Å². The second-order valence-electron chi connectivity index (χ2n) is 6.63. The fraction of sp³-hybridized carbons (Fsp3) is 0.688. The number of urea groups is 1. The average Bonchev–Trinajstić information content (AvgIpc) is 2.94. The molecule has 1 saturated heterocycles. The van der Waals surface area contributed by atoms with Crippen LogP contribution in [0.15, 0.2) is 18.6 Å². The molecule has 0 aromatic carbocycles. The van der Waals surface area contributed by atoms with Crippen LogP contribution in [0.4, 0.5) is 4.79 Å². The van der Waals surface area contributed by atoms with Gasteiger partial charge in [-0.15, -0.1) is 0 Å². The van der Waals surface area contributed by atoms with E-state index < -0.39 is 17.6 Å². The molecule has 2 aliphatic rings. The largest absolute Gasteiger partial charge is 0.476 e. The first-order valence-electron chi connectivity index (χ1n) is 8.43. The van der Waals surface area contributed by atoms with Gasteiger partial charge in [-0.25, -0.2) is 9.78 Å². The Bertz CT molecular complexity index is 557. The molecule has 9 heteroatoms. The molecular weight excluding hydrogens is 328 g/mol. The molecule has 138 valence electrons. The zero-order chi connectivity index (χ0) is 17.7. The summed E-state index contributed by atoms with van der Waals surface area (Å²) in [7, 11) is 0. The van der Waals surface area contributed by atoms with Gasteiger partial charge in [-0.3, -0.25) is 4.98 Å². The third-order valence-electron chi connectivity index (χ3n) is 4.71. The lowest BCUT2D eigenvalue weighted by Crippen LogP contribution is -2.49. The van der Waals surface area contributed by atoms with Crippen molar-refractivity contribution in [3.05, 3.63) is 18.6 Å². The number of amides is 2. The van der Waals surface area contributed by atoms with Gasteiger partial charge in [0.05, 0.1) is 38.2 Å². The van der Waals surface area contributed by atoms with Crippen LogP contribution in [-0.2, 0) is 4.74 Å². The van der Waals surface area contributed by atoms with Gasteiger partial charge in [-0.2, -0.15) is 0 Å². The molecule has 1 aromatic heterocycles. The maximum Gasteiger partial charge on any atom is 0.317 e. The molecule has 1 aliphatic heterocycles. The highest BCUT2D eigenvalue weighted by molar-refractivity contribution is 5.74. The number of carbonyl (C=O) groups excluding carboxylic acids is 1. The second kappa shape index (κ2) is 7.94. The Hall–Kier alpha value is -1.97. The SMILES string of the molecule is O=C(NCC1(COc2cnccn2)CC(O)C(O)C1)N1CCOCC1. The Morgan fingerprint density at radius 2 is 2.04 bits per heavy atom. The summed E-state index contributed by atoms with van der Waals surface area (Å²) in [5.74, 6) is 0.372. The van der Waals surface area contributed by atoms with Gasteiger partial charge in [0, 0.05) is 37.4 Å². The van der Waals surface area contributed by atoms with Crippen LogP contribution >= 0.6 is 0 Å². The van der Waals surface area contributed by atoms with E-state index >= 15 is 0 Å². The summed E-state index contributed by atoms with van der Waals surface area (Å²) in [6, 6.07) is -0.168. The first-order chi connectivity index (χ1) is 12.1. The van der Waals surface area contributed by atoms with Gasteiger partial charge in [0.2, 0.25) is 5.88 Å². The third-order valence-corrected chi connectivity index (χ3v) is 4.71. The summed E-state index contributed by atoms with van der Waals surface area (Å²) >= 11 is 0. The van der Waals surface area contributed by atoms with Crippen molar-refractivity contribution in [2.45, 2.75) is 25.0 Å². The third kappa shape index (κ3) is 4.56. The Balaban J connectivity index is 1.60. The van der Waals surface area contributed by atoms with Crippen LogP contribution in [0.1, 0.15) is 12.8 Å². The van der Waals surface area contributed by atoms with Crippen LogP contribution in [0, 0.1) is 5.41 Å². The highest BCUT2D eigenvalue weighted by atomic mass is 16.5. The number of rotatable bonds is 5. The van der Waals surface area contributed by atoms with E-state index in [1.165, 1.54) is 12.4 Å². The minimum absolute atomic E-state index is 0.168. The van der Waals surface area contributed by atoms with Crippen molar-refractivity contribution in [3.8, 4) is 5.88 Å². The van der Waals surface area contributed by atoms with Crippen LogP contribution in [0.2, 0.25) is 0 Å². The summed E-state index contributed by atoms with van der Waals surface area (Å²) < 4.78 is 10.9. The first kappa shape index (κ1) is 17.8. The van der Waals surface area contributed by atoms with Crippen LogP contribution in [0.25, 0.3) is 0 Å². The van der Waals surface area contributed by atoms with E-state index in [1.54, 1.807) is 11.1 Å². The fourth-order valence-electron chi connectivity index (χ4n) is 3.28. The van der Waals surface area contributed by atoms with Crippen molar-refractivity contribution in [3.63, 3.8) is 0 Å². The number of carbonyl (C=O) groups is 1. The van der Waals surface area contributed by atoms with Crippen molar-refractivity contribution < 1.29 is 24.5 Å². The minimum atomic E-state index is -0.828. The lowest BCUT2D eigenvalue weighted by molar-refractivity contribution is 0.0438. The molecule has 1 aliphatic carbocycles. The maximum atomic E-state index is 12.3. The summed E-state index contributed by atoms with van der Waals surface area (Å²) in [4.78, 5) is 22.0. The van der Waals surface area contributed by atoms with E-state index in [1.807, 2.05) is 0 Å². The lowest BCUT2D eigenvalue weighted by atomic mass is 9.86. The highest BCUT2D eigenvalue weighted by Gasteiger charge is 2.45. The number of aromatic nitrogens is 2. The number of hydrogen-bond acceptors (Lipinski definition) is 7. The molecule has 0 spiro atoms. The Kier molecular flexibility index (Phi) is 5.67. The number of aliphatic hydroxyl groups is 2. The zero-order valence-corrected chi connectivity index (χ0v) is 14.0. The van der Waals surface area contributed by atoms with E-state index in [9.17, 15) is 15.0 Å². The Morgan fingerprint density at radius 1 is 1.32 bits per heavy atom. The molecular formula is C16H24N4O5. The minimum Gasteiger partial charge on any atom is -0.476 e. The predicted molar refractivity (Wildman–Crippen MR) is 87.0 cm³/mol. The molecule has 1 saturated carbocycles. The molecule has 2 atom stereocenters. The Morgan fingerprint density at radius 3 is 2.68 bits per heavy atom. The van der Waals surface area contributed by atoms with Gasteiger partial charge in [0.25, 0.3) is 0 Å². The van der Waals surface area contributed by atoms with Gasteiger partial charge in [-0.05, 0) is 12.8 Å². The van der Waals surface area contributed by atoms with E-state index in [0.29, 0.717) is 51.6 Å². The monoisotopic (exact) mass is 352 g/mol. The molecule has 9 nitrogen and oxygen atoms in total. The van der Waals surface area contributed by atoms with Crippen LogP contribution in [0.5, 0.6) is 5.88 Å². The van der Waals surface area contributed by atoms with Crippen LogP contribution < -0.4 is 10.1 Å². The number of nitrogens with zero attached hydrogens (tertiary/aromatic N) is 3. The van der Waals surface area contributed by atoms with Gasteiger partial charge >= 0.3 is 6.03 Å². The molecule has 2 fully saturated rings. The zero-order valence-electron chi connectivity index (χ0n) is 14.0. The number of morpholine rings is 1. The predicted octanol–water partition coefficient (Wildman–Crippen LogP) is -0.601. The van der Waals surface area contributed by atoms with Crippen molar-refractivity contribution in [1.82, 2.24) is 20.2 Å². The number of hydrogen-bond donors (Lipinski definition) is 3. The van der Waals surface area contributed by atoms with Crippen LogP contribution in [0.3, 0.4) is 0 Å². The topological polar surface area (TPSA) is 117 Å². The summed E-state index contributed by atoms with van der Waals surface area (Å²) in [5, 5.41) is 22.8. The van der Waals surface area contributed by atoms with Crippen molar-refractivity contribution in [2.75, 3.05) is 39.5 Å². The van der Waals surface area contributed by atoms with Gasteiger partial charge < -0.3 is 29.9 Å². The molecule has 0 radical (unpaired) electrons. The fourth-order valence-corrected chi connectivity index (χ4v) is 3.28. The molecule has 3 rings (SSSR count). The molecule has 2 amide bonds.